The Morgan fingerprint density at radius 3 is 2.71 bits per heavy atom. The van der Waals surface area contributed by atoms with E-state index >= 15 is 0 Å². The first kappa shape index (κ1) is 11.6. The molecule has 3 nitrogen and oxygen atoms in total. The van der Waals surface area contributed by atoms with Crippen LogP contribution in [0.3, 0.4) is 0 Å². The fourth-order valence-corrected chi connectivity index (χ4v) is 1.74. The van der Waals surface area contributed by atoms with Crippen LogP contribution in [0.15, 0.2) is 54.1 Å². The normalized spacial score (nSPS) is 23.1. The van der Waals surface area contributed by atoms with Crippen LogP contribution >= 0.6 is 0 Å². The van der Waals surface area contributed by atoms with Crippen molar-refractivity contribution in [3.63, 3.8) is 0 Å². The SMILES string of the molecule is CC(=O)C1=CC(N)(Oc2ccccc2)CC=C1. The number of para-hydroxylation sites is 1. The number of allylic oxidation sites excluding steroid dienone is 2. The number of carbonyl (C=O) groups excluding carboxylic acids is 1. The van der Waals surface area contributed by atoms with Gasteiger partial charge in [-0.3, -0.25) is 10.5 Å². The number of Topliss-reactive ketones (excluding diaryl/α,β-unsaturated/α-hetero) is 1. The van der Waals surface area contributed by atoms with E-state index in [1.807, 2.05) is 36.4 Å². The monoisotopic (exact) mass is 229 g/mol. The second-order valence-corrected chi connectivity index (χ2v) is 4.13. The third-order valence-electron chi connectivity index (χ3n) is 2.59. The number of hydrogen-bond donors (Lipinski definition) is 1. The molecule has 0 saturated carbocycles. The minimum Gasteiger partial charge on any atom is -0.469 e. The molecule has 1 unspecified atom stereocenters. The number of rotatable bonds is 3. The van der Waals surface area contributed by atoms with Crippen molar-refractivity contribution >= 4 is 5.78 Å². The van der Waals surface area contributed by atoms with E-state index in [9.17, 15) is 4.79 Å². The molecule has 0 amide bonds. The van der Waals surface area contributed by atoms with Crippen LogP contribution in [0.5, 0.6) is 5.75 Å². The molecule has 0 saturated heterocycles. The summed E-state index contributed by atoms with van der Waals surface area (Å²) in [6, 6.07) is 9.36. The molecule has 0 heterocycles. The third-order valence-corrected chi connectivity index (χ3v) is 2.59. The number of hydrogen-bond acceptors (Lipinski definition) is 3. The average molecular weight is 229 g/mol. The lowest BCUT2D eigenvalue weighted by atomic mass is 9.97. The molecular formula is C14H15NO2. The molecule has 1 aromatic carbocycles. The van der Waals surface area contributed by atoms with Crippen LogP contribution in [0.4, 0.5) is 0 Å². The summed E-state index contributed by atoms with van der Waals surface area (Å²) in [4.78, 5) is 11.3. The Morgan fingerprint density at radius 2 is 2.06 bits per heavy atom. The zero-order chi connectivity index (χ0) is 12.3. The maximum Gasteiger partial charge on any atom is 0.182 e. The first-order valence-corrected chi connectivity index (χ1v) is 5.52. The zero-order valence-electron chi connectivity index (χ0n) is 9.72. The second kappa shape index (κ2) is 4.55. The summed E-state index contributed by atoms with van der Waals surface area (Å²) in [5, 5.41) is 0. The minimum absolute atomic E-state index is 0.00700. The molecule has 1 aromatic rings. The summed E-state index contributed by atoms with van der Waals surface area (Å²) in [5.41, 5.74) is 5.78. The van der Waals surface area contributed by atoms with E-state index in [-0.39, 0.29) is 5.78 Å². The van der Waals surface area contributed by atoms with E-state index in [4.69, 9.17) is 10.5 Å². The van der Waals surface area contributed by atoms with Crippen molar-refractivity contribution < 1.29 is 9.53 Å². The number of carbonyl (C=O) groups is 1. The van der Waals surface area contributed by atoms with Crippen LogP contribution in [0.25, 0.3) is 0 Å². The highest BCUT2D eigenvalue weighted by atomic mass is 16.5. The summed E-state index contributed by atoms with van der Waals surface area (Å²) in [6.45, 7) is 1.52. The standard InChI is InChI=1S/C14H15NO2/c1-11(16)12-6-5-9-14(15,10-12)17-13-7-3-2-4-8-13/h2-8,10H,9,15H2,1H3. The van der Waals surface area contributed by atoms with Gasteiger partial charge in [-0.25, -0.2) is 0 Å². The van der Waals surface area contributed by atoms with Gasteiger partial charge in [-0.1, -0.05) is 30.4 Å². The second-order valence-electron chi connectivity index (χ2n) is 4.13. The van der Waals surface area contributed by atoms with Crippen LogP contribution in [-0.2, 0) is 4.79 Å². The molecule has 0 fully saturated rings. The quantitative estimate of drug-likeness (QED) is 0.808. The van der Waals surface area contributed by atoms with Crippen LogP contribution in [0.2, 0.25) is 0 Å². The van der Waals surface area contributed by atoms with Crippen molar-refractivity contribution in [2.24, 2.45) is 5.73 Å². The Labute approximate surface area is 101 Å². The average Bonchev–Trinajstić information content (AvgIpc) is 2.29. The Morgan fingerprint density at radius 1 is 1.35 bits per heavy atom. The summed E-state index contributed by atoms with van der Waals surface area (Å²) in [6.07, 6.45) is 5.88. The van der Waals surface area contributed by atoms with Gasteiger partial charge in [0, 0.05) is 12.0 Å². The first-order chi connectivity index (χ1) is 8.09. The fraction of sp³-hybridized carbons (Fsp3) is 0.214. The predicted molar refractivity (Wildman–Crippen MR) is 66.5 cm³/mol. The van der Waals surface area contributed by atoms with Crippen molar-refractivity contribution in [3.05, 3.63) is 54.1 Å². The van der Waals surface area contributed by atoms with Gasteiger partial charge in [0.15, 0.2) is 11.5 Å². The molecule has 1 atom stereocenters. The van der Waals surface area contributed by atoms with Crippen LogP contribution < -0.4 is 10.5 Å². The number of ketones is 1. The molecular weight excluding hydrogens is 214 g/mol. The van der Waals surface area contributed by atoms with Gasteiger partial charge in [-0.15, -0.1) is 0 Å². The van der Waals surface area contributed by atoms with Gasteiger partial charge in [0.1, 0.15) is 5.75 Å². The lowest BCUT2D eigenvalue weighted by Gasteiger charge is -2.29. The molecule has 3 heteroatoms. The first-order valence-electron chi connectivity index (χ1n) is 5.52. The number of ether oxygens (including phenoxy) is 1. The van der Waals surface area contributed by atoms with Gasteiger partial charge in [0.25, 0.3) is 0 Å². The highest BCUT2D eigenvalue weighted by molar-refractivity contribution is 5.96. The van der Waals surface area contributed by atoms with Gasteiger partial charge in [0.05, 0.1) is 0 Å². The smallest absolute Gasteiger partial charge is 0.182 e. The Bertz CT molecular complexity index is 476. The lowest BCUT2D eigenvalue weighted by Crippen LogP contribution is -2.45. The van der Waals surface area contributed by atoms with Gasteiger partial charge in [-0.05, 0) is 25.1 Å². The molecule has 0 aromatic heterocycles. The molecule has 2 N–H and O–H groups in total. The molecule has 0 radical (unpaired) electrons. The van der Waals surface area contributed by atoms with Crippen molar-refractivity contribution in [2.45, 2.75) is 19.1 Å². The molecule has 2 rings (SSSR count). The largest absolute Gasteiger partial charge is 0.469 e. The van der Waals surface area contributed by atoms with E-state index in [1.54, 1.807) is 12.2 Å². The third kappa shape index (κ3) is 2.82. The number of benzene rings is 1. The molecule has 1 aliphatic carbocycles. The maximum atomic E-state index is 11.3. The van der Waals surface area contributed by atoms with E-state index in [1.165, 1.54) is 6.92 Å². The van der Waals surface area contributed by atoms with E-state index in [0.29, 0.717) is 17.7 Å². The molecule has 88 valence electrons. The topological polar surface area (TPSA) is 52.3 Å². The number of nitrogens with two attached hydrogens (primary N) is 1. The molecule has 17 heavy (non-hydrogen) atoms. The molecule has 0 aliphatic heterocycles. The Hall–Kier alpha value is -1.87. The van der Waals surface area contributed by atoms with Crippen molar-refractivity contribution in [1.82, 2.24) is 0 Å². The summed E-state index contributed by atoms with van der Waals surface area (Å²) in [5.74, 6) is 0.692. The van der Waals surface area contributed by atoms with E-state index in [2.05, 4.69) is 0 Å². The van der Waals surface area contributed by atoms with E-state index < -0.39 is 5.72 Å². The van der Waals surface area contributed by atoms with Gasteiger partial charge < -0.3 is 4.74 Å². The van der Waals surface area contributed by atoms with Gasteiger partial charge in [-0.2, -0.15) is 0 Å². The highest BCUT2D eigenvalue weighted by Gasteiger charge is 2.27. The minimum atomic E-state index is -0.933. The summed E-state index contributed by atoms with van der Waals surface area (Å²) >= 11 is 0. The van der Waals surface area contributed by atoms with E-state index in [0.717, 1.165) is 0 Å². The zero-order valence-corrected chi connectivity index (χ0v) is 9.72. The van der Waals surface area contributed by atoms with Crippen LogP contribution in [0.1, 0.15) is 13.3 Å². The van der Waals surface area contributed by atoms with Crippen LogP contribution in [0, 0.1) is 0 Å². The summed E-state index contributed by atoms with van der Waals surface area (Å²) in [7, 11) is 0. The molecule has 1 aliphatic rings. The van der Waals surface area contributed by atoms with Gasteiger partial charge in [0.2, 0.25) is 0 Å². The Balaban J connectivity index is 2.20. The lowest BCUT2D eigenvalue weighted by molar-refractivity contribution is -0.113. The predicted octanol–water partition coefficient (Wildman–Crippen LogP) is 2.20. The fourth-order valence-electron chi connectivity index (χ4n) is 1.74. The van der Waals surface area contributed by atoms with Gasteiger partial charge >= 0.3 is 0 Å². The summed E-state index contributed by atoms with van der Waals surface area (Å²) < 4.78 is 5.72. The maximum absolute atomic E-state index is 11.3. The van der Waals surface area contributed by atoms with Crippen LogP contribution in [-0.4, -0.2) is 11.5 Å². The highest BCUT2D eigenvalue weighted by Crippen LogP contribution is 2.24. The van der Waals surface area contributed by atoms with Crippen molar-refractivity contribution in [2.75, 3.05) is 0 Å². The Kier molecular flexibility index (Phi) is 3.11. The molecule has 0 bridgehead atoms. The van der Waals surface area contributed by atoms with Crippen molar-refractivity contribution in [1.29, 1.82) is 0 Å². The molecule has 0 spiro atoms. The van der Waals surface area contributed by atoms with Crippen molar-refractivity contribution in [3.8, 4) is 5.75 Å².